The number of fused-ring (bicyclic) bond motifs is 3. The zero-order valence-corrected chi connectivity index (χ0v) is 17.1. The summed E-state index contributed by atoms with van der Waals surface area (Å²) in [4.78, 5) is 28.9. The summed E-state index contributed by atoms with van der Waals surface area (Å²) in [5.41, 5.74) is 0. The summed E-state index contributed by atoms with van der Waals surface area (Å²) in [6.07, 6.45) is 0. The molecule has 156 valence electrons. The van der Waals surface area contributed by atoms with Gasteiger partial charge in [-0.15, -0.1) is 10.2 Å². The van der Waals surface area contributed by atoms with E-state index < -0.39 is 0 Å². The second-order valence-corrected chi connectivity index (χ2v) is 7.97. The van der Waals surface area contributed by atoms with Crippen LogP contribution in [0.5, 0.6) is 0 Å². The third kappa shape index (κ3) is 5.67. The standard InChI is InChI=1S/C17H27N5O5S/c1-3-26-11-16(24)22-5-12-4-21(13(6-22)9-27-8-12)7-14(23)18-17-20-19-15(28-17)10-25-2/h12-13H,3-11H2,1-2H3,(H,18,20,23)/t12-,13+/m1/s1. The van der Waals surface area contributed by atoms with E-state index in [2.05, 4.69) is 20.4 Å². The normalized spacial score (nSPS) is 22.7. The SMILES string of the molecule is CCOCC(=O)N1C[C@@H]2COC[C@H](C1)N(CC(=O)Nc1nnc(COC)s1)C2. The van der Waals surface area contributed by atoms with E-state index in [1.165, 1.54) is 11.3 Å². The van der Waals surface area contributed by atoms with Crippen LogP contribution in [0, 0.1) is 5.92 Å². The molecule has 0 aromatic carbocycles. The molecule has 0 aliphatic carbocycles. The van der Waals surface area contributed by atoms with Crippen LogP contribution in [0.3, 0.4) is 0 Å². The van der Waals surface area contributed by atoms with Crippen molar-refractivity contribution in [1.29, 1.82) is 0 Å². The van der Waals surface area contributed by atoms with Crippen molar-refractivity contribution < 1.29 is 23.8 Å². The Bertz CT molecular complexity index is 672. The molecule has 0 spiro atoms. The van der Waals surface area contributed by atoms with Crippen LogP contribution in [-0.2, 0) is 30.4 Å². The predicted molar refractivity (Wildman–Crippen MR) is 102 cm³/mol. The molecule has 2 atom stereocenters. The van der Waals surface area contributed by atoms with Gasteiger partial charge in [-0.1, -0.05) is 11.3 Å². The first-order valence-corrected chi connectivity index (χ1v) is 10.2. The van der Waals surface area contributed by atoms with E-state index in [0.717, 1.165) is 0 Å². The molecule has 3 rings (SSSR count). The lowest BCUT2D eigenvalue weighted by atomic mass is 10.1. The molecular weight excluding hydrogens is 386 g/mol. The molecule has 2 aliphatic heterocycles. The maximum Gasteiger partial charge on any atom is 0.248 e. The molecule has 3 heterocycles. The monoisotopic (exact) mass is 413 g/mol. The molecule has 2 bridgehead atoms. The summed E-state index contributed by atoms with van der Waals surface area (Å²) < 4.78 is 16.0. The number of methoxy groups -OCH3 is 1. The van der Waals surface area contributed by atoms with Gasteiger partial charge < -0.3 is 19.1 Å². The number of carbonyl (C=O) groups is 2. The number of hydrogen-bond acceptors (Lipinski definition) is 9. The number of anilines is 1. The maximum atomic E-state index is 12.5. The fourth-order valence-electron chi connectivity index (χ4n) is 3.44. The lowest BCUT2D eigenvalue weighted by molar-refractivity contribution is -0.137. The van der Waals surface area contributed by atoms with Crippen LogP contribution in [0.4, 0.5) is 5.13 Å². The third-order valence-corrected chi connectivity index (χ3v) is 5.50. The molecule has 2 aliphatic rings. The zero-order valence-electron chi connectivity index (χ0n) is 16.3. The van der Waals surface area contributed by atoms with Crippen molar-refractivity contribution >= 4 is 28.3 Å². The minimum atomic E-state index is -0.153. The first-order valence-electron chi connectivity index (χ1n) is 9.37. The van der Waals surface area contributed by atoms with Crippen molar-refractivity contribution in [3.8, 4) is 0 Å². The first kappa shape index (κ1) is 21.1. The number of hydrogen-bond donors (Lipinski definition) is 1. The van der Waals surface area contributed by atoms with Crippen molar-refractivity contribution in [3.05, 3.63) is 5.01 Å². The van der Waals surface area contributed by atoms with Crippen LogP contribution in [0.15, 0.2) is 0 Å². The van der Waals surface area contributed by atoms with Gasteiger partial charge in [0.1, 0.15) is 18.2 Å². The fraction of sp³-hybridized carbons (Fsp3) is 0.765. The Labute approximate surface area is 168 Å². The number of nitrogens with one attached hydrogen (secondary N) is 1. The first-order chi connectivity index (χ1) is 13.6. The summed E-state index contributed by atoms with van der Waals surface area (Å²) in [5.74, 6) is 0.00477. The summed E-state index contributed by atoms with van der Waals surface area (Å²) in [5, 5.41) is 11.9. The molecule has 0 saturated carbocycles. The van der Waals surface area contributed by atoms with E-state index in [-0.39, 0.29) is 36.9 Å². The lowest BCUT2D eigenvalue weighted by Crippen LogP contribution is -2.48. The summed E-state index contributed by atoms with van der Waals surface area (Å²) in [7, 11) is 1.58. The minimum Gasteiger partial charge on any atom is -0.379 e. The van der Waals surface area contributed by atoms with Gasteiger partial charge in [0, 0.05) is 39.3 Å². The second kappa shape index (κ2) is 10.2. The van der Waals surface area contributed by atoms with Crippen LogP contribution in [0.2, 0.25) is 0 Å². The summed E-state index contributed by atoms with van der Waals surface area (Å²) >= 11 is 1.29. The number of amides is 2. The van der Waals surface area contributed by atoms with Crippen molar-refractivity contribution in [2.45, 2.75) is 19.6 Å². The van der Waals surface area contributed by atoms with E-state index >= 15 is 0 Å². The van der Waals surface area contributed by atoms with Gasteiger partial charge in [-0.05, 0) is 6.92 Å². The van der Waals surface area contributed by atoms with Crippen LogP contribution >= 0.6 is 11.3 Å². The Balaban J connectivity index is 1.58. The number of carbonyl (C=O) groups excluding carboxylic acids is 2. The van der Waals surface area contributed by atoms with Gasteiger partial charge in [-0.3, -0.25) is 19.8 Å². The molecule has 1 aromatic heterocycles. The largest absolute Gasteiger partial charge is 0.379 e. The number of ether oxygens (including phenoxy) is 3. The Hall–Kier alpha value is -1.66. The Morgan fingerprint density at radius 3 is 2.93 bits per heavy atom. The molecule has 2 saturated heterocycles. The molecular formula is C17H27N5O5S. The molecule has 1 aromatic rings. The summed E-state index contributed by atoms with van der Waals surface area (Å²) in [6, 6.07) is -0.0256. The average molecular weight is 414 g/mol. The molecule has 10 nitrogen and oxygen atoms in total. The molecule has 0 radical (unpaired) electrons. The molecule has 11 heteroatoms. The highest BCUT2D eigenvalue weighted by molar-refractivity contribution is 7.15. The van der Waals surface area contributed by atoms with E-state index in [1.54, 1.807) is 7.11 Å². The molecule has 1 N–H and O–H groups in total. The number of aromatic nitrogens is 2. The van der Waals surface area contributed by atoms with Crippen molar-refractivity contribution in [1.82, 2.24) is 20.0 Å². The quantitative estimate of drug-likeness (QED) is 0.626. The minimum absolute atomic E-state index is 0.00964. The van der Waals surface area contributed by atoms with Crippen molar-refractivity contribution in [2.24, 2.45) is 5.92 Å². The molecule has 2 amide bonds. The average Bonchev–Trinajstić information content (AvgIpc) is 2.90. The fourth-order valence-corrected chi connectivity index (χ4v) is 4.16. The van der Waals surface area contributed by atoms with Crippen LogP contribution in [0.25, 0.3) is 0 Å². The molecule has 2 fully saturated rings. The zero-order chi connectivity index (χ0) is 19.9. The van der Waals surface area contributed by atoms with Gasteiger partial charge in [-0.2, -0.15) is 0 Å². The highest BCUT2D eigenvalue weighted by Gasteiger charge is 2.35. The lowest BCUT2D eigenvalue weighted by Gasteiger charge is -2.30. The molecule has 0 unspecified atom stereocenters. The van der Waals surface area contributed by atoms with Gasteiger partial charge in [0.15, 0.2) is 0 Å². The maximum absolute atomic E-state index is 12.5. The Kier molecular flexibility index (Phi) is 7.68. The van der Waals surface area contributed by atoms with Crippen LogP contribution in [0.1, 0.15) is 11.9 Å². The number of nitrogens with zero attached hydrogens (tertiary/aromatic N) is 4. The summed E-state index contributed by atoms with van der Waals surface area (Å²) in [6.45, 7) is 6.02. The molecule has 28 heavy (non-hydrogen) atoms. The van der Waals surface area contributed by atoms with Gasteiger partial charge in [0.05, 0.1) is 25.8 Å². The highest BCUT2D eigenvalue weighted by Crippen LogP contribution is 2.21. The third-order valence-electron chi connectivity index (χ3n) is 4.69. The highest BCUT2D eigenvalue weighted by atomic mass is 32.1. The van der Waals surface area contributed by atoms with Gasteiger partial charge >= 0.3 is 0 Å². The van der Waals surface area contributed by atoms with Gasteiger partial charge in [0.25, 0.3) is 0 Å². The van der Waals surface area contributed by atoms with E-state index in [1.807, 2.05) is 11.8 Å². The van der Waals surface area contributed by atoms with E-state index in [9.17, 15) is 9.59 Å². The van der Waals surface area contributed by atoms with Gasteiger partial charge in [0.2, 0.25) is 16.9 Å². The second-order valence-electron chi connectivity index (χ2n) is 6.90. The van der Waals surface area contributed by atoms with Crippen LogP contribution in [-0.4, -0.2) is 97.6 Å². The van der Waals surface area contributed by atoms with E-state index in [4.69, 9.17) is 14.2 Å². The van der Waals surface area contributed by atoms with Crippen molar-refractivity contribution in [2.75, 3.05) is 65.0 Å². The topological polar surface area (TPSA) is 106 Å². The smallest absolute Gasteiger partial charge is 0.248 e. The van der Waals surface area contributed by atoms with E-state index in [0.29, 0.717) is 56.2 Å². The van der Waals surface area contributed by atoms with Gasteiger partial charge in [-0.25, -0.2) is 0 Å². The van der Waals surface area contributed by atoms with Crippen molar-refractivity contribution in [3.63, 3.8) is 0 Å². The Morgan fingerprint density at radius 1 is 1.29 bits per heavy atom. The Morgan fingerprint density at radius 2 is 2.14 bits per heavy atom. The predicted octanol–water partition coefficient (Wildman–Crippen LogP) is -0.181. The number of rotatable bonds is 8. The van der Waals surface area contributed by atoms with Crippen LogP contribution < -0.4 is 5.32 Å².